The first-order valence-electron chi connectivity index (χ1n) is 10.4. The van der Waals surface area contributed by atoms with Crippen LogP contribution in [0.3, 0.4) is 0 Å². The molecule has 0 bridgehead atoms. The van der Waals surface area contributed by atoms with Gasteiger partial charge >= 0.3 is 6.03 Å². The van der Waals surface area contributed by atoms with E-state index >= 15 is 0 Å². The number of rotatable bonds is 5. The van der Waals surface area contributed by atoms with Gasteiger partial charge in [-0.3, -0.25) is 14.5 Å². The van der Waals surface area contributed by atoms with Gasteiger partial charge in [-0.25, -0.2) is 9.78 Å². The summed E-state index contributed by atoms with van der Waals surface area (Å²) in [6, 6.07) is 11.0. The lowest BCUT2D eigenvalue weighted by molar-refractivity contribution is -0.134. The van der Waals surface area contributed by atoms with E-state index in [2.05, 4.69) is 9.97 Å². The van der Waals surface area contributed by atoms with E-state index in [0.717, 1.165) is 5.56 Å². The zero-order valence-electron chi connectivity index (χ0n) is 17.4. The van der Waals surface area contributed by atoms with Crippen molar-refractivity contribution in [2.24, 2.45) is 5.92 Å². The number of amides is 3. The highest BCUT2D eigenvalue weighted by molar-refractivity contribution is 6.07. The quantitative estimate of drug-likeness (QED) is 0.765. The number of benzene rings is 1. The van der Waals surface area contributed by atoms with Crippen LogP contribution in [0, 0.1) is 5.92 Å². The van der Waals surface area contributed by atoms with Gasteiger partial charge in [0.15, 0.2) is 0 Å². The molecule has 158 valence electrons. The van der Waals surface area contributed by atoms with Crippen molar-refractivity contribution in [2.75, 3.05) is 24.5 Å². The summed E-state index contributed by atoms with van der Waals surface area (Å²) in [5, 5.41) is 0. The third kappa shape index (κ3) is 3.58. The molecule has 1 aromatic heterocycles. The number of urea groups is 1. The number of aromatic nitrogens is 2. The summed E-state index contributed by atoms with van der Waals surface area (Å²) >= 11 is 0. The van der Waals surface area contributed by atoms with Crippen LogP contribution in [0.5, 0.6) is 0 Å². The first-order valence-corrected chi connectivity index (χ1v) is 10.4. The van der Waals surface area contributed by atoms with Crippen LogP contribution < -0.4 is 10.5 Å². The van der Waals surface area contributed by atoms with Crippen LogP contribution in [-0.2, 0) is 11.3 Å². The fraction of sp³-hybridized carbons (Fsp3) is 0.455. The molecule has 2 aromatic rings. The van der Waals surface area contributed by atoms with E-state index < -0.39 is 5.54 Å². The van der Waals surface area contributed by atoms with Gasteiger partial charge in [-0.15, -0.1) is 0 Å². The highest BCUT2D eigenvalue weighted by atomic mass is 16.2. The molecule has 1 N–H and O–H groups in total. The van der Waals surface area contributed by atoms with Crippen molar-refractivity contribution in [3.63, 3.8) is 0 Å². The zero-order valence-corrected chi connectivity index (χ0v) is 17.4. The Bertz CT molecular complexity index is 980. The molecule has 2 aliphatic rings. The molecule has 0 unspecified atom stereocenters. The number of carbonyl (C=O) groups is 2. The molecular weight excluding hydrogens is 382 g/mol. The molecule has 30 heavy (non-hydrogen) atoms. The highest BCUT2D eigenvalue weighted by Crippen LogP contribution is 2.39. The van der Waals surface area contributed by atoms with Crippen molar-refractivity contribution in [3.8, 4) is 0 Å². The van der Waals surface area contributed by atoms with Gasteiger partial charge in [0.25, 0.3) is 11.5 Å². The second-order valence-corrected chi connectivity index (χ2v) is 8.45. The maximum Gasteiger partial charge on any atom is 0.327 e. The number of nitrogens with one attached hydrogen (secondary N) is 1. The number of nitrogens with zero attached hydrogens (tertiary/aromatic N) is 4. The van der Waals surface area contributed by atoms with E-state index in [0.29, 0.717) is 44.8 Å². The summed E-state index contributed by atoms with van der Waals surface area (Å²) in [6.07, 6.45) is 2.40. The Morgan fingerprint density at radius 1 is 1.10 bits per heavy atom. The van der Waals surface area contributed by atoms with Gasteiger partial charge < -0.3 is 14.8 Å². The number of H-pyrrole nitrogens is 1. The standard InChI is InChI=1S/C22H27N5O3/c1-16(2)13-26-20(29)22(27(21(26)30)14-17-6-4-3-5-7-17)8-10-25(11-9-22)18-12-19(28)24-15-23-18/h3-7,12,15-16H,8-11,13-14H2,1-2H3,(H,23,24,28). The SMILES string of the molecule is CC(C)CN1C(=O)N(Cc2ccccc2)C2(CCN(c3cc(=O)[nH]cn3)CC2)C1=O. The molecule has 8 heteroatoms. The molecule has 4 rings (SSSR count). The van der Waals surface area contributed by atoms with Crippen LogP contribution in [0.15, 0.2) is 47.5 Å². The second kappa shape index (κ2) is 7.93. The van der Waals surface area contributed by atoms with Crippen LogP contribution in [0.4, 0.5) is 10.6 Å². The van der Waals surface area contributed by atoms with E-state index in [1.165, 1.54) is 17.3 Å². The van der Waals surface area contributed by atoms with Crippen molar-refractivity contribution < 1.29 is 9.59 Å². The minimum absolute atomic E-state index is 0.101. The first-order chi connectivity index (χ1) is 14.4. The van der Waals surface area contributed by atoms with Gasteiger partial charge in [-0.1, -0.05) is 44.2 Å². The predicted molar refractivity (Wildman–Crippen MR) is 113 cm³/mol. The van der Waals surface area contributed by atoms with Crippen LogP contribution in [0.2, 0.25) is 0 Å². The van der Waals surface area contributed by atoms with Gasteiger partial charge in [0, 0.05) is 32.2 Å². The Morgan fingerprint density at radius 2 is 1.80 bits per heavy atom. The van der Waals surface area contributed by atoms with Gasteiger partial charge in [0.2, 0.25) is 0 Å². The van der Waals surface area contributed by atoms with Crippen molar-refractivity contribution in [1.82, 2.24) is 19.8 Å². The molecule has 0 aliphatic carbocycles. The van der Waals surface area contributed by atoms with E-state index in [1.54, 1.807) is 4.90 Å². The number of piperidine rings is 1. The summed E-state index contributed by atoms with van der Waals surface area (Å²) in [5.74, 6) is 0.696. The van der Waals surface area contributed by atoms with Crippen LogP contribution in [-0.4, -0.2) is 56.9 Å². The molecule has 2 saturated heterocycles. The van der Waals surface area contributed by atoms with Gasteiger partial charge in [-0.05, 0) is 24.3 Å². The lowest BCUT2D eigenvalue weighted by Crippen LogP contribution is -2.56. The number of hydrogen-bond donors (Lipinski definition) is 1. The summed E-state index contributed by atoms with van der Waals surface area (Å²) in [4.78, 5) is 50.4. The van der Waals surface area contributed by atoms with Crippen LogP contribution in [0.25, 0.3) is 0 Å². The van der Waals surface area contributed by atoms with Crippen molar-refractivity contribution in [1.29, 1.82) is 0 Å². The Morgan fingerprint density at radius 3 is 2.43 bits per heavy atom. The first kappa shape index (κ1) is 20.1. The second-order valence-electron chi connectivity index (χ2n) is 8.45. The van der Waals surface area contributed by atoms with Gasteiger partial charge in [0.05, 0.1) is 6.33 Å². The van der Waals surface area contributed by atoms with E-state index in [4.69, 9.17) is 0 Å². The van der Waals surface area contributed by atoms with E-state index in [-0.39, 0.29) is 23.4 Å². The Labute approximate surface area is 175 Å². The average Bonchev–Trinajstić information content (AvgIpc) is 2.91. The molecule has 3 heterocycles. The van der Waals surface area contributed by atoms with Crippen LogP contribution >= 0.6 is 0 Å². The summed E-state index contributed by atoms with van der Waals surface area (Å²) in [5.41, 5.74) is -0.0520. The average molecular weight is 409 g/mol. The largest absolute Gasteiger partial charge is 0.356 e. The van der Waals surface area contributed by atoms with Crippen molar-refractivity contribution in [2.45, 2.75) is 38.8 Å². The normalized spacial score (nSPS) is 18.7. The lowest BCUT2D eigenvalue weighted by Gasteiger charge is -2.42. The Hall–Kier alpha value is -3.16. The molecule has 8 nitrogen and oxygen atoms in total. The summed E-state index contributed by atoms with van der Waals surface area (Å²) in [7, 11) is 0. The minimum atomic E-state index is -0.848. The zero-order chi connectivity index (χ0) is 21.3. The number of carbonyl (C=O) groups excluding carboxylic acids is 2. The Balaban J connectivity index is 1.62. The number of aromatic amines is 1. The predicted octanol–water partition coefficient (Wildman–Crippen LogP) is 2.23. The molecule has 2 fully saturated rings. The third-order valence-electron chi connectivity index (χ3n) is 5.93. The van der Waals surface area contributed by atoms with E-state index in [9.17, 15) is 14.4 Å². The fourth-order valence-corrected chi connectivity index (χ4v) is 4.41. The summed E-state index contributed by atoms with van der Waals surface area (Å²) in [6.45, 7) is 5.95. The smallest absolute Gasteiger partial charge is 0.327 e. The molecule has 1 aromatic carbocycles. The topological polar surface area (TPSA) is 89.6 Å². The van der Waals surface area contributed by atoms with Crippen LogP contribution in [0.1, 0.15) is 32.3 Å². The van der Waals surface area contributed by atoms with E-state index in [1.807, 2.05) is 49.1 Å². The van der Waals surface area contributed by atoms with Crippen molar-refractivity contribution in [3.05, 3.63) is 58.6 Å². The minimum Gasteiger partial charge on any atom is -0.356 e. The highest BCUT2D eigenvalue weighted by Gasteiger charge is 2.57. The Kier molecular flexibility index (Phi) is 5.32. The molecule has 2 aliphatic heterocycles. The molecule has 1 spiro atoms. The molecule has 3 amide bonds. The maximum atomic E-state index is 13.5. The number of hydrogen-bond acceptors (Lipinski definition) is 5. The number of imide groups is 1. The van der Waals surface area contributed by atoms with Gasteiger partial charge in [-0.2, -0.15) is 0 Å². The lowest BCUT2D eigenvalue weighted by atomic mass is 9.85. The third-order valence-corrected chi connectivity index (χ3v) is 5.93. The molecule has 0 atom stereocenters. The number of anilines is 1. The van der Waals surface area contributed by atoms with Crippen molar-refractivity contribution >= 4 is 17.8 Å². The molecular formula is C22H27N5O3. The molecule has 0 radical (unpaired) electrons. The van der Waals surface area contributed by atoms with Gasteiger partial charge in [0.1, 0.15) is 11.4 Å². The maximum absolute atomic E-state index is 13.5. The monoisotopic (exact) mass is 409 g/mol. The molecule has 0 saturated carbocycles. The fourth-order valence-electron chi connectivity index (χ4n) is 4.41. The summed E-state index contributed by atoms with van der Waals surface area (Å²) < 4.78 is 0.